The largest absolute Gasteiger partial charge is 0.481 e. The van der Waals surface area contributed by atoms with Crippen molar-refractivity contribution < 1.29 is 23.4 Å². The zero-order valence-corrected chi connectivity index (χ0v) is 13.1. The van der Waals surface area contributed by atoms with Crippen molar-refractivity contribution in [3.63, 3.8) is 0 Å². The van der Waals surface area contributed by atoms with E-state index in [9.17, 15) is 9.18 Å². The molecular formula is C17H22FNO4. The van der Waals surface area contributed by atoms with Gasteiger partial charge in [0, 0.05) is 19.4 Å². The van der Waals surface area contributed by atoms with Crippen LogP contribution in [0.15, 0.2) is 24.3 Å². The van der Waals surface area contributed by atoms with Crippen LogP contribution in [-0.2, 0) is 14.3 Å². The van der Waals surface area contributed by atoms with Gasteiger partial charge in [0.15, 0.2) is 24.0 Å². The molecule has 0 bridgehead atoms. The monoisotopic (exact) mass is 323 g/mol. The molecule has 6 heteroatoms. The summed E-state index contributed by atoms with van der Waals surface area (Å²) in [6.07, 6.45) is 5.18. The van der Waals surface area contributed by atoms with E-state index < -0.39 is 11.6 Å². The zero-order valence-electron chi connectivity index (χ0n) is 13.1. The number of halogens is 1. The summed E-state index contributed by atoms with van der Waals surface area (Å²) in [4.78, 5) is 11.8. The topological polar surface area (TPSA) is 56.8 Å². The minimum absolute atomic E-state index is 0.0734. The molecule has 0 aromatic heterocycles. The Bertz CT molecular complexity index is 545. The summed E-state index contributed by atoms with van der Waals surface area (Å²) in [6, 6.07) is 6.01. The smallest absolute Gasteiger partial charge is 0.258 e. The van der Waals surface area contributed by atoms with Gasteiger partial charge >= 0.3 is 0 Å². The minimum atomic E-state index is -0.480. The second kappa shape index (κ2) is 7.27. The highest BCUT2D eigenvalue weighted by Crippen LogP contribution is 2.37. The summed E-state index contributed by atoms with van der Waals surface area (Å²) in [5.41, 5.74) is 0. The first-order chi connectivity index (χ1) is 11.2. The van der Waals surface area contributed by atoms with Crippen molar-refractivity contribution in [2.75, 3.05) is 19.8 Å². The molecule has 1 spiro atoms. The fourth-order valence-electron chi connectivity index (χ4n) is 3.05. The van der Waals surface area contributed by atoms with Gasteiger partial charge in [-0.3, -0.25) is 4.79 Å². The van der Waals surface area contributed by atoms with Crippen LogP contribution in [0.25, 0.3) is 0 Å². The Morgan fingerprint density at radius 3 is 2.87 bits per heavy atom. The number of benzene rings is 1. The predicted molar refractivity (Wildman–Crippen MR) is 81.5 cm³/mol. The number of hydrogen-bond donors (Lipinski definition) is 1. The Morgan fingerprint density at radius 2 is 2.09 bits per heavy atom. The molecule has 1 atom stereocenters. The second-order valence-electron chi connectivity index (χ2n) is 6.05. The van der Waals surface area contributed by atoms with E-state index in [1.54, 1.807) is 12.1 Å². The molecule has 1 aliphatic heterocycles. The quantitative estimate of drug-likeness (QED) is 0.904. The average molecular weight is 323 g/mol. The molecule has 2 fully saturated rings. The fourth-order valence-corrected chi connectivity index (χ4v) is 3.05. The summed E-state index contributed by atoms with van der Waals surface area (Å²) in [5.74, 6) is -1.14. The van der Waals surface area contributed by atoms with Crippen LogP contribution in [0.1, 0.15) is 32.1 Å². The summed E-state index contributed by atoms with van der Waals surface area (Å²) in [6.45, 7) is 0.648. The van der Waals surface area contributed by atoms with Crippen molar-refractivity contribution in [2.45, 2.75) is 44.0 Å². The summed E-state index contributed by atoms with van der Waals surface area (Å²) in [5, 5.41) is 2.74. The van der Waals surface area contributed by atoms with Crippen molar-refractivity contribution in [3.8, 4) is 5.75 Å². The van der Waals surface area contributed by atoms with Gasteiger partial charge in [-0.05, 0) is 25.0 Å². The molecule has 1 saturated carbocycles. The van der Waals surface area contributed by atoms with Gasteiger partial charge in [0.05, 0.1) is 6.61 Å². The molecule has 0 radical (unpaired) electrons. The van der Waals surface area contributed by atoms with Crippen LogP contribution in [0.3, 0.4) is 0 Å². The molecule has 1 saturated heterocycles. The number of para-hydroxylation sites is 1. The Hall–Kier alpha value is -1.66. The van der Waals surface area contributed by atoms with Crippen molar-refractivity contribution >= 4 is 5.91 Å². The van der Waals surface area contributed by atoms with Gasteiger partial charge in [-0.1, -0.05) is 18.6 Å². The Labute approximate surface area is 135 Å². The van der Waals surface area contributed by atoms with E-state index in [0.717, 1.165) is 25.7 Å². The Balaban J connectivity index is 1.39. The number of carbonyl (C=O) groups excluding carboxylic acids is 1. The molecular weight excluding hydrogens is 301 g/mol. The van der Waals surface area contributed by atoms with Crippen LogP contribution in [0, 0.1) is 5.82 Å². The lowest BCUT2D eigenvalue weighted by Gasteiger charge is -2.31. The average Bonchev–Trinajstić information content (AvgIpc) is 2.95. The van der Waals surface area contributed by atoms with E-state index in [0.29, 0.717) is 13.2 Å². The lowest BCUT2D eigenvalue weighted by atomic mass is 9.94. The van der Waals surface area contributed by atoms with Crippen LogP contribution >= 0.6 is 0 Å². The first-order valence-corrected chi connectivity index (χ1v) is 8.13. The third kappa shape index (κ3) is 4.20. The van der Waals surface area contributed by atoms with Crippen LogP contribution in [0.4, 0.5) is 4.39 Å². The molecule has 1 amide bonds. The molecule has 1 aromatic carbocycles. The summed E-state index contributed by atoms with van der Waals surface area (Å²) in [7, 11) is 0. The Morgan fingerprint density at radius 1 is 1.30 bits per heavy atom. The molecule has 2 aliphatic rings. The van der Waals surface area contributed by atoms with Gasteiger partial charge < -0.3 is 19.5 Å². The highest BCUT2D eigenvalue weighted by Gasteiger charge is 2.42. The van der Waals surface area contributed by atoms with Gasteiger partial charge in [0.1, 0.15) is 6.10 Å². The normalized spacial score (nSPS) is 22.9. The van der Waals surface area contributed by atoms with Crippen molar-refractivity contribution in [1.29, 1.82) is 0 Å². The molecule has 3 rings (SSSR count). The molecule has 23 heavy (non-hydrogen) atoms. The summed E-state index contributed by atoms with van der Waals surface area (Å²) >= 11 is 0. The maximum atomic E-state index is 13.4. The van der Waals surface area contributed by atoms with E-state index >= 15 is 0 Å². The van der Waals surface area contributed by atoms with Crippen LogP contribution in [0.5, 0.6) is 5.75 Å². The van der Waals surface area contributed by atoms with Crippen molar-refractivity contribution in [3.05, 3.63) is 30.1 Å². The lowest BCUT2D eigenvalue weighted by molar-refractivity contribution is -0.186. The third-order valence-corrected chi connectivity index (χ3v) is 4.25. The van der Waals surface area contributed by atoms with Crippen molar-refractivity contribution in [2.24, 2.45) is 0 Å². The van der Waals surface area contributed by atoms with E-state index in [2.05, 4.69) is 5.32 Å². The van der Waals surface area contributed by atoms with Gasteiger partial charge in [0.2, 0.25) is 0 Å². The van der Waals surface area contributed by atoms with Crippen LogP contribution in [-0.4, -0.2) is 37.6 Å². The number of hydrogen-bond acceptors (Lipinski definition) is 4. The molecule has 1 aromatic rings. The maximum Gasteiger partial charge on any atom is 0.258 e. The van der Waals surface area contributed by atoms with Gasteiger partial charge in [-0.2, -0.15) is 0 Å². The number of rotatable bonds is 5. The first-order valence-electron chi connectivity index (χ1n) is 8.13. The number of nitrogens with one attached hydrogen (secondary N) is 1. The highest BCUT2D eigenvalue weighted by atomic mass is 19.1. The molecule has 0 unspecified atom stereocenters. The number of amides is 1. The van der Waals surface area contributed by atoms with Crippen LogP contribution in [0.2, 0.25) is 0 Å². The molecule has 5 nitrogen and oxygen atoms in total. The van der Waals surface area contributed by atoms with Gasteiger partial charge in [-0.25, -0.2) is 4.39 Å². The number of carbonyl (C=O) groups is 1. The SMILES string of the molecule is O=C(COc1ccccc1F)NC[C@H]1COC2(CCCCC2)O1. The Kier molecular flexibility index (Phi) is 5.13. The standard InChI is InChI=1S/C17H22FNO4/c18-14-6-2-3-7-15(14)21-12-16(20)19-10-13-11-22-17(23-13)8-4-1-5-9-17/h2-3,6-7,13H,1,4-5,8-12H2,(H,19,20)/t13-/m0/s1. The van der Waals surface area contributed by atoms with E-state index in [4.69, 9.17) is 14.2 Å². The summed E-state index contributed by atoms with van der Waals surface area (Å²) < 4.78 is 30.3. The fraction of sp³-hybridized carbons (Fsp3) is 0.588. The highest BCUT2D eigenvalue weighted by molar-refractivity contribution is 5.77. The van der Waals surface area contributed by atoms with E-state index in [1.165, 1.54) is 18.6 Å². The predicted octanol–water partition coefficient (Wildman–Crippen LogP) is 2.40. The maximum absolute atomic E-state index is 13.4. The van der Waals surface area contributed by atoms with Gasteiger partial charge in [-0.15, -0.1) is 0 Å². The van der Waals surface area contributed by atoms with Crippen molar-refractivity contribution in [1.82, 2.24) is 5.32 Å². The molecule has 1 aliphatic carbocycles. The van der Waals surface area contributed by atoms with E-state index in [-0.39, 0.29) is 24.4 Å². The van der Waals surface area contributed by atoms with Gasteiger partial charge in [0.25, 0.3) is 5.91 Å². The molecule has 1 heterocycles. The lowest BCUT2D eigenvalue weighted by Crippen LogP contribution is -2.38. The second-order valence-corrected chi connectivity index (χ2v) is 6.05. The van der Waals surface area contributed by atoms with E-state index in [1.807, 2.05) is 0 Å². The molecule has 1 N–H and O–H groups in total. The first kappa shape index (κ1) is 16.2. The van der Waals surface area contributed by atoms with Crippen LogP contribution < -0.4 is 10.1 Å². The third-order valence-electron chi connectivity index (χ3n) is 4.25. The molecule has 126 valence electrons. The number of ether oxygens (including phenoxy) is 3. The zero-order chi connectivity index (χ0) is 16.1. The minimum Gasteiger partial charge on any atom is -0.481 e.